The minimum absolute atomic E-state index is 0.286. The number of rotatable bonds is 3. The van der Waals surface area contributed by atoms with E-state index in [0.29, 0.717) is 22.7 Å². The predicted molar refractivity (Wildman–Crippen MR) is 104 cm³/mol. The summed E-state index contributed by atoms with van der Waals surface area (Å²) in [4.78, 5) is 21.1. The molecule has 0 spiro atoms. The summed E-state index contributed by atoms with van der Waals surface area (Å²) in [6.45, 7) is 7.16. The van der Waals surface area contributed by atoms with Gasteiger partial charge in [-0.1, -0.05) is 6.07 Å². The Morgan fingerprint density at radius 3 is 2.67 bits per heavy atom. The number of benzene rings is 1. The number of carbonyl (C=O) groups excluding carboxylic acids is 1. The zero-order valence-electron chi connectivity index (χ0n) is 15.5. The lowest BCUT2D eigenvalue weighted by atomic mass is 10.2. The fourth-order valence-corrected chi connectivity index (χ4v) is 3.19. The van der Waals surface area contributed by atoms with Crippen molar-refractivity contribution in [1.82, 2.24) is 19.9 Å². The van der Waals surface area contributed by atoms with Gasteiger partial charge in [0, 0.05) is 6.20 Å². The Hall–Kier alpha value is -2.48. The average molecular weight is 435 g/mol. The van der Waals surface area contributed by atoms with Crippen LogP contribution in [0.3, 0.4) is 0 Å². The fourth-order valence-electron chi connectivity index (χ4n) is 2.68. The van der Waals surface area contributed by atoms with E-state index in [1.165, 1.54) is 6.07 Å². The van der Waals surface area contributed by atoms with Crippen molar-refractivity contribution >= 4 is 33.1 Å². The molecule has 1 atom stereocenters. The Kier molecular flexibility index (Phi) is 5.19. The van der Waals surface area contributed by atoms with Gasteiger partial charge in [0.2, 0.25) is 0 Å². The van der Waals surface area contributed by atoms with E-state index < -0.39 is 23.6 Å². The molecular formula is C19H20BrFN4O2. The van der Waals surface area contributed by atoms with Crippen LogP contribution in [0.2, 0.25) is 0 Å². The van der Waals surface area contributed by atoms with Crippen LogP contribution in [-0.2, 0) is 4.74 Å². The summed E-state index contributed by atoms with van der Waals surface area (Å²) in [6.07, 6.45) is 1.09. The molecule has 1 unspecified atom stereocenters. The van der Waals surface area contributed by atoms with E-state index in [0.717, 1.165) is 0 Å². The van der Waals surface area contributed by atoms with Gasteiger partial charge in [-0.15, -0.1) is 0 Å². The van der Waals surface area contributed by atoms with Crippen molar-refractivity contribution in [3.8, 4) is 5.82 Å². The molecule has 1 N–H and O–H groups in total. The summed E-state index contributed by atoms with van der Waals surface area (Å²) >= 11 is 3.31. The summed E-state index contributed by atoms with van der Waals surface area (Å²) in [5.41, 5.74) is 0.514. The number of hydrogen-bond donors (Lipinski definition) is 1. The Morgan fingerprint density at radius 2 is 2.04 bits per heavy atom. The molecule has 0 radical (unpaired) electrons. The lowest BCUT2D eigenvalue weighted by molar-refractivity contribution is 0.0505. The second kappa shape index (κ2) is 7.26. The van der Waals surface area contributed by atoms with E-state index in [1.807, 2.05) is 6.07 Å². The highest BCUT2D eigenvalue weighted by Gasteiger charge is 2.24. The first-order valence-electron chi connectivity index (χ1n) is 8.44. The number of fused-ring (bicyclic) bond motifs is 1. The Labute approximate surface area is 164 Å². The first-order chi connectivity index (χ1) is 12.7. The van der Waals surface area contributed by atoms with E-state index in [2.05, 4.69) is 31.2 Å². The first-order valence-corrected chi connectivity index (χ1v) is 9.24. The van der Waals surface area contributed by atoms with Crippen LogP contribution in [-0.4, -0.2) is 26.2 Å². The van der Waals surface area contributed by atoms with Gasteiger partial charge in [0.05, 0.1) is 21.5 Å². The number of halogens is 2. The molecule has 6 nitrogen and oxygen atoms in total. The predicted octanol–water partition coefficient (Wildman–Crippen LogP) is 4.91. The van der Waals surface area contributed by atoms with Gasteiger partial charge in [0.15, 0.2) is 0 Å². The zero-order chi connectivity index (χ0) is 19.8. The smallest absolute Gasteiger partial charge is 0.408 e. The maximum Gasteiger partial charge on any atom is 0.408 e. The van der Waals surface area contributed by atoms with Crippen LogP contribution in [0.25, 0.3) is 16.9 Å². The van der Waals surface area contributed by atoms with Crippen LogP contribution in [0.4, 0.5) is 9.18 Å². The zero-order valence-corrected chi connectivity index (χ0v) is 17.0. The summed E-state index contributed by atoms with van der Waals surface area (Å²) in [6, 6.07) is 7.86. The summed E-state index contributed by atoms with van der Waals surface area (Å²) in [5, 5.41) is 2.78. The highest BCUT2D eigenvalue weighted by molar-refractivity contribution is 9.10. The van der Waals surface area contributed by atoms with Gasteiger partial charge < -0.3 is 10.1 Å². The quantitative estimate of drug-likeness (QED) is 0.635. The van der Waals surface area contributed by atoms with Crippen molar-refractivity contribution < 1.29 is 13.9 Å². The highest BCUT2D eigenvalue weighted by Crippen LogP contribution is 2.31. The maximum absolute atomic E-state index is 14.2. The number of aromatic nitrogens is 3. The van der Waals surface area contributed by atoms with Crippen LogP contribution in [0.15, 0.2) is 41.0 Å². The number of hydrogen-bond acceptors (Lipinski definition) is 4. The van der Waals surface area contributed by atoms with Gasteiger partial charge in [-0.3, -0.25) is 4.57 Å². The number of nitrogens with zero attached hydrogens (tertiary/aromatic N) is 3. The lowest BCUT2D eigenvalue weighted by Crippen LogP contribution is -2.34. The Balaban J connectivity index is 2.10. The number of alkyl carbamates (subject to hydrolysis) is 1. The molecule has 3 rings (SSSR count). The van der Waals surface area contributed by atoms with Crippen molar-refractivity contribution in [3.63, 3.8) is 0 Å². The lowest BCUT2D eigenvalue weighted by Gasteiger charge is -2.22. The molecule has 142 valence electrons. The van der Waals surface area contributed by atoms with Crippen LogP contribution < -0.4 is 5.32 Å². The number of nitrogens with one attached hydrogen (secondary N) is 1. The number of ether oxygens (including phenoxy) is 1. The number of carbonyl (C=O) groups is 1. The molecule has 3 aromatic rings. The van der Waals surface area contributed by atoms with Gasteiger partial charge in [-0.2, -0.15) is 0 Å². The maximum atomic E-state index is 14.2. The van der Waals surface area contributed by atoms with Gasteiger partial charge in [-0.05, 0) is 67.9 Å². The molecule has 2 aromatic heterocycles. The third kappa shape index (κ3) is 4.10. The van der Waals surface area contributed by atoms with Crippen LogP contribution in [0, 0.1) is 5.82 Å². The fraction of sp³-hybridized carbons (Fsp3) is 0.316. The first kappa shape index (κ1) is 19.3. The van der Waals surface area contributed by atoms with E-state index in [4.69, 9.17) is 4.74 Å². The summed E-state index contributed by atoms with van der Waals surface area (Å²) in [7, 11) is 0. The summed E-state index contributed by atoms with van der Waals surface area (Å²) in [5.74, 6) is 0.680. The van der Waals surface area contributed by atoms with Gasteiger partial charge >= 0.3 is 6.09 Å². The molecule has 0 fully saturated rings. The summed E-state index contributed by atoms with van der Waals surface area (Å²) < 4.78 is 21.5. The molecule has 0 saturated heterocycles. The van der Waals surface area contributed by atoms with Crippen LogP contribution in [0.5, 0.6) is 0 Å². The monoisotopic (exact) mass is 434 g/mol. The Bertz CT molecular complexity index is 983. The van der Waals surface area contributed by atoms with Crippen molar-refractivity contribution in [3.05, 3.63) is 52.6 Å². The largest absolute Gasteiger partial charge is 0.444 e. The van der Waals surface area contributed by atoms with Crippen molar-refractivity contribution in [2.45, 2.75) is 39.3 Å². The van der Waals surface area contributed by atoms with Gasteiger partial charge in [0.1, 0.15) is 23.1 Å². The third-order valence-electron chi connectivity index (χ3n) is 3.73. The average Bonchev–Trinajstić information content (AvgIpc) is 2.97. The van der Waals surface area contributed by atoms with E-state index in [9.17, 15) is 9.18 Å². The molecule has 1 amide bonds. The molecule has 2 heterocycles. The SMILES string of the molecule is CC(NC(=O)OC(C)(C)C)c1nc2ccc(F)c(Br)c2n1-c1ccccn1. The molecule has 0 aliphatic heterocycles. The van der Waals surface area contributed by atoms with E-state index >= 15 is 0 Å². The highest BCUT2D eigenvalue weighted by atomic mass is 79.9. The van der Waals surface area contributed by atoms with Crippen LogP contribution in [0.1, 0.15) is 39.6 Å². The molecule has 0 aliphatic carbocycles. The minimum Gasteiger partial charge on any atom is -0.444 e. The molecule has 27 heavy (non-hydrogen) atoms. The number of amides is 1. The van der Waals surface area contributed by atoms with Gasteiger partial charge in [0.25, 0.3) is 0 Å². The molecular weight excluding hydrogens is 415 g/mol. The topological polar surface area (TPSA) is 69.0 Å². The molecule has 0 saturated carbocycles. The second-order valence-electron chi connectivity index (χ2n) is 7.09. The normalized spacial score (nSPS) is 12.8. The van der Waals surface area contributed by atoms with Crippen molar-refractivity contribution in [1.29, 1.82) is 0 Å². The second-order valence-corrected chi connectivity index (χ2v) is 7.88. The van der Waals surface area contributed by atoms with Crippen molar-refractivity contribution in [2.24, 2.45) is 0 Å². The molecule has 8 heteroatoms. The van der Waals surface area contributed by atoms with Gasteiger partial charge in [-0.25, -0.2) is 19.2 Å². The molecule has 0 aliphatic rings. The van der Waals surface area contributed by atoms with Crippen molar-refractivity contribution in [2.75, 3.05) is 0 Å². The third-order valence-corrected chi connectivity index (χ3v) is 4.49. The molecule has 1 aromatic carbocycles. The number of imidazole rings is 1. The minimum atomic E-state index is -0.614. The van der Waals surface area contributed by atoms with E-state index in [-0.39, 0.29) is 4.47 Å². The standard InChI is InChI=1S/C19H20BrFN4O2/c1-11(23-18(26)27-19(2,3)4)17-24-13-9-8-12(21)15(20)16(13)25(17)14-7-5-6-10-22-14/h5-11H,1-4H3,(H,23,26). The van der Waals surface area contributed by atoms with E-state index in [1.54, 1.807) is 56.7 Å². The number of pyridine rings is 1. The van der Waals surface area contributed by atoms with Crippen LogP contribution >= 0.6 is 15.9 Å². The Morgan fingerprint density at radius 1 is 1.30 bits per heavy atom. The molecule has 0 bridgehead atoms.